The van der Waals surface area contributed by atoms with Gasteiger partial charge < -0.3 is 31.1 Å². The lowest BCUT2D eigenvalue weighted by molar-refractivity contribution is -0.119. The Morgan fingerprint density at radius 3 is 1.38 bits per heavy atom. The van der Waals surface area contributed by atoms with Crippen molar-refractivity contribution < 1.29 is 30.0 Å². The number of nitrogens with one attached hydrogen (secondary N) is 2. The number of halogens is 2. The smallest absolute Gasteiger partial charge is 0.158 e. The van der Waals surface area contributed by atoms with E-state index in [4.69, 9.17) is 23.2 Å². The summed E-state index contributed by atoms with van der Waals surface area (Å²) in [5.74, 6) is -0.0621. The molecule has 4 aliphatic rings. The Balaban J connectivity index is 0.000000168. The lowest BCUT2D eigenvalue weighted by atomic mass is 9.81. The van der Waals surface area contributed by atoms with Crippen molar-refractivity contribution in [3.8, 4) is 23.0 Å². The third kappa shape index (κ3) is 6.94. The van der Waals surface area contributed by atoms with Crippen molar-refractivity contribution in [3.05, 3.63) is 67.7 Å². The van der Waals surface area contributed by atoms with Crippen molar-refractivity contribution in [1.29, 1.82) is 0 Å². The van der Waals surface area contributed by atoms with Crippen molar-refractivity contribution >= 4 is 34.8 Å². The Kier molecular flexibility index (Phi) is 9.47. The van der Waals surface area contributed by atoms with E-state index in [1.807, 2.05) is 0 Å². The van der Waals surface area contributed by atoms with Gasteiger partial charge in [0.1, 0.15) is 11.6 Å². The molecule has 6 rings (SSSR count). The first-order chi connectivity index (χ1) is 20.1. The molecule has 10 heteroatoms. The molecule has 0 spiro atoms. The molecule has 224 valence electrons. The summed E-state index contributed by atoms with van der Waals surface area (Å²) in [6, 6.07) is 6.08. The molecule has 42 heavy (non-hydrogen) atoms. The van der Waals surface area contributed by atoms with Gasteiger partial charge in [0.25, 0.3) is 0 Å². The van der Waals surface area contributed by atoms with E-state index in [2.05, 4.69) is 10.6 Å². The zero-order valence-corrected chi connectivity index (χ0v) is 24.8. The summed E-state index contributed by atoms with van der Waals surface area (Å²) in [6.07, 6.45) is 7.21. The third-order valence-corrected chi connectivity index (χ3v) is 9.39. The van der Waals surface area contributed by atoms with E-state index >= 15 is 0 Å². The molecule has 1 unspecified atom stereocenters. The van der Waals surface area contributed by atoms with E-state index in [1.165, 1.54) is 46.6 Å². The summed E-state index contributed by atoms with van der Waals surface area (Å²) >= 11 is 12.3. The van der Waals surface area contributed by atoms with Gasteiger partial charge in [0.2, 0.25) is 0 Å². The summed E-state index contributed by atoms with van der Waals surface area (Å²) < 4.78 is 0. The lowest BCUT2D eigenvalue weighted by Gasteiger charge is -2.33. The maximum Gasteiger partial charge on any atom is 0.158 e. The number of ketones is 2. The topological polar surface area (TPSA) is 139 Å². The van der Waals surface area contributed by atoms with Crippen molar-refractivity contribution in [1.82, 2.24) is 10.6 Å². The highest BCUT2D eigenvalue weighted by molar-refractivity contribution is 6.31. The standard InChI is InChI=1S/2C16H18ClNO3/c2*17-13-8-16(21)15(20)7-10(13)6-14-12-2-1-11(19)5-9(12)3-4-18-14/h2*7-8,14,18,20-21H,1-6H2/t14-;/m1./s1. The molecule has 0 saturated carbocycles. The Hall–Kier alpha value is -3.04. The molecule has 2 aliphatic heterocycles. The molecule has 0 fully saturated rings. The van der Waals surface area contributed by atoms with Gasteiger partial charge in [-0.2, -0.15) is 0 Å². The van der Waals surface area contributed by atoms with E-state index < -0.39 is 0 Å². The van der Waals surface area contributed by atoms with Crippen LogP contribution < -0.4 is 10.6 Å². The Labute approximate surface area is 255 Å². The molecule has 0 amide bonds. The summed E-state index contributed by atoms with van der Waals surface area (Å²) in [5, 5.41) is 46.0. The van der Waals surface area contributed by atoms with E-state index in [1.54, 1.807) is 0 Å². The number of Topliss-reactive ketones (excluding diaryl/α,β-unsaturated/α-hetero) is 2. The van der Waals surface area contributed by atoms with E-state index in [0.29, 0.717) is 60.1 Å². The molecule has 2 heterocycles. The number of aromatic hydroxyl groups is 4. The molecular formula is C32H36Cl2N2O6. The fourth-order valence-corrected chi connectivity index (χ4v) is 6.96. The Morgan fingerprint density at radius 2 is 0.976 bits per heavy atom. The molecular weight excluding hydrogens is 579 g/mol. The predicted octanol–water partition coefficient (Wildman–Crippen LogP) is 5.41. The highest BCUT2D eigenvalue weighted by Crippen LogP contribution is 2.37. The minimum atomic E-state index is -0.205. The van der Waals surface area contributed by atoms with Crippen LogP contribution in [-0.2, 0) is 22.4 Å². The molecule has 2 atom stereocenters. The van der Waals surface area contributed by atoms with Gasteiger partial charge in [0.05, 0.1) is 0 Å². The number of hydrogen-bond donors (Lipinski definition) is 6. The maximum absolute atomic E-state index is 11.6. The molecule has 8 nitrogen and oxygen atoms in total. The quantitative estimate of drug-likeness (QED) is 0.198. The van der Waals surface area contributed by atoms with Gasteiger partial charge in [-0.1, -0.05) is 45.5 Å². The van der Waals surface area contributed by atoms with Crippen LogP contribution in [0.25, 0.3) is 0 Å². The molecule has 0 bridgehead atoms. The Bertz CT molecular complexity index is 1360. The zero-order chi connectivity index (χ0) is 30.0. The normalized spacial score (nSPS) is 22.3. The molecule has 0 radical (unpaired) electrons. The predicted molar refractivity (Wildman–Crippen MR) is 162 cm³/mol. The van der Waals surface area contributed by atoms with Crippen molar-refractivity contribution in [2.45, 2.75) is 76.3 Å². The average molecular weight is 616 g/mol. The average Bonchev–Trinajstić information content (AvgIpc) is 2.95. The molecule has 2 aromatic carbocycles. The number of phenols is 4. The number of carbonyl (C=O) groups excluding carboxylic acids is 2. The largest absolute Gasteiger partial charge is 0.504 e. The van der Waals surface area contributed by atoms with Crippen LogP contribution in [-0.4, -0.2) is 57.2 Å². The zero-order valence-electron chi connectivity index (χ0n) is 23.3. The fraction of sp³-hybridized carbons (Fsp3) is 0.438. The molecule has 2 aliphatic carbocycles. The second kappa shape index (κ2) is 13.1. The van der Waals surface area contributed by atoms with Gasteiger partial charge in [-0.05, 0) is 74.9 Å². The minimum absolute atomic E-state index is 0.154. The first-order valence-corrected chi connectivity index (χ1v) is 15.2. The monoisotopic (exact) mass is 614 g/mol. The lowest BCUT2D eigenvalue weighted by Crippen LogP contribution is -2.40. The first kappa shape index (κ1) is 30.4. The summed E-state index contributed by atoms with van der Waals surface area (Å²) in [6.45, 7) is 1.72. The molecule has 0 saturated heterocycles. The van der Waals surface area contributed by atoms with Crippen LogP contribution in [0.1, 0.15) is 62.5 Å². The minimum Gasteiger partial charge on any atom is -0.504 e. The third-order valence-electron chi connectivity index (χ3n) is 8.69. The van der Waals surface area contributed by atoms with Crippen LogP contribution in [0.3, 0.4) is 0 Å². The number of carbonyl (C=O) groups is 2. The summed E-state index contributed by atoms with van der Waals surface area (Å²) in [7, 11) is 0. The number of rotatable bonds is 4. The molecule has 0 aromatic heterocycles. The van der Waals surface area contributed by atoms with Crippen LogP contribution in [0.5, 0.6) is 23.0 Å². The van der Waals surface area contributed by atoms with Gasteiger partial charge in [-0.15, -0.1) is 0 Å². The van der Waals surface area contributed by atoms with Gasteiger partial charge >= 0.3 is 0 Å². The summed E-state index contributed by atoms with van der Waals surface area (Å²) in [4.78, 5) is 23.2. The van der Waals surface area contributed by atoms with Crippen LogP contribution in [0, 0.1) is 0 Å². The van der Waals surface area contributed by atoms with Gasteiger partial charge in [-0.3, -0.25) is 9.59 Å². The van der Waals surface area contributed by atoms with Crippen LogP contribution in [0.15, 0.2) is 46.6 Å². The number of phenolic OH excluding ortho intramolecular Hbond substituents is 4. The van der Waals surface area contributed by atoms with Gasteiger partial charge in [0.15, 0.2) is 23.0 Å². The van der Waals surface area contributed by atoms with E-state index in [-0.39, 0.29) is 35.1 Å². The summed E-state index contributed by atoms with van der Waals surface area (Å²) in [5.41, 5.74) is 6.79. The first-order valence-electron chi connectivity index (χ1n) is 14.4. The van der Waals surface area contributed by atoms with Gasteiger partial charge in [-0.25, -0.2) is 0 Å². The van der Waals surface area contributed by atoms with Crippen molar-refractivity contribution in [2.75, 3.05) is 13.1 Å². The second-order valence-corrected chi connectivity index (χ2v) is 12.3. The SMILES string of the molecule is O=C1CCC2=C(CCNC2Cc2cc(O)c(O)cc2Cl)C1.O=C1CCC2=C(CCN[C@@H]2Cc2cc(O)c(O)cc2Cl)C1. The molecule has 2 aromatic rings. The van der Waals surface area contributed by atoms with Crippen molar-refractivity contribution in [2.24, 2.45) is 0 Å². The second-order valence-electron chi connectivity index (χ2n) is 11.5. The van der Waals surface area contributed by atoms with E-state index in [0.717, 1.165) is 49.9 Å². The fourth-order valence-electron chi connectivity index (χ4n) is 6.49. The highest BCUT2D eigenvalue weighted by atomic mass is 35.5. The van der Waals surface area contributed by atoms with Crippen LogP contribution in [0.4, 0.5) is 0 Å². The highest BCUT2D eigenvalue weighted by Gasteiger charge is 2.29. The van der Waals surface area contributed by atoms with Crippen LogP contribution in [0.2, 0.25) is 10.0 Å². The molecule has 6 N–H and O–H groups in total. The Morgan fingerprint density at radius 1 is 0.595 bits per heavy atom. The van der Waals surface area contributed by atoms with Crippen LogP contribution >= 0.6 is 23.2 Å². The van der Waals surface area contributed by atoms with Gasteiger partial charge in [0, 0.05) is 59.9 Å². The van der Waals surface area contributed by atoms with Crippen molar-refractivity contribution in [3.63, 3.8) is 0 Å². The van der Waals surface area contributed by atoms with E-state index in [9.17, 15) is 30.0 Å². The number of benzene rings is 2. The number of hydrogen-bond acceptors (Lipinski definition) is 8. The maximum atomic E-state index is 11.6.